The van der Waals surface area contributed by atoms with E-state index in [1.807, 2.05) is 6.20 Å². The largest absolute Gasteiger partial charge is 0.364 e. The monoisotopic (exact) mass is 314 g/mol. The maximum atomic E-state index is 10.9. The molecule has 0 aliphatic heterocycles. The van der Waals surface area contributed by atoms with Crippen LogP contribution < -0.4 is 5.73 Å². The zero-order valence-corrected chi connectivity index (χ0v) is 9.75. The van der Waals surface area contributed by atoms with Crippen molar-refractivity contribution < 1.29 is 4.79 Å². The van der Waals surface area contributed by atoms with Gasteiger partial charge in [0, 0.05) is 6.20 Å². The van der Waals surface area contributed by atoms with E-state index in [0.717, 1.165) is 3.57 Å². The Labute approximate surface area is 99.4 Å². The van der Waals surface area contributed by atoms with Crippen LogP contribution in [0.3, 0.4) is 0 Å². The second kappa shape index (κ2) is 3.97. The normalized spacial score (nSPS) is 10.2. The second-order valence-electron chi connectivity index (χ2n) is 2.85. The molecule has 0 saturated heterocycles. The first-order valence-electron chi connectivity index (χ1n) is 4.14. The summed E-state index contributed by atoms with van der Waals surface area (Å²) in [5.74, 6) is 0.0351. The third-order valence-corrected chi connectivity index (χ3v) is 2.33. The Morgan fingerprint density at radius 1 is 1.47 bits per heavy atom. The lowest BCUT2D eigenvalue weighted by Gasteiger charge is -2.00. The van der Waals surface area contributed by atoms with E-state index in [1.165, 1.54) is 0 Å². The van der Waals surface area contributed by atoms with Gasteiger partial charge in [0.1, 0.15) is 5.69 Å². The molecular weight excluding hydrogens is 307 g/mol. The molecule has 0 radical (unpaired) electrons. The number of primary amides is 1. The summed E-state index contributed by atoms with van der Waals surface area (Å²) in [5.41, 5.74) is 5.37. The fourth-order valence-electron chi connectivity index (χ4n) is 1.11. The molecule has 0 aliphatic carbocycles. The highest BCUT2D eigenvalue weighted by Gasteiger charge is 2.05. The van der Waals surface area contributed by atoms with Crippen molar-refractivity contribution in [3.05, 3.63) is 39.9 Å². The molecule has 2 heterocycles. The maximum absolute atomic E-state index is 10.9. The molecule has 2 aromatic rings. The summed E-state index contributed by atoms with van der Waals surface area (Å²) in [5, 5.41) is 4.08. The van der Waals surface area contributed by atoms with E-state index in [1.54, 1.807) is 29.1 Å². The van der Waals surface area contributed by atoms with E-state index in [0.29, 0.717) is 5.82 Å². The highest BCUT2D eigenvalue weighted by molar-refractivity contribution is 14.1. The van der Waals surface area contributed by atoms with Crippen molar-refractivity contribution in [2.75, 3.05) is 0 Å². The van der Waals surface area contributed by atoms with Gasteiger partial charge in [-0.1, -0.05) is 6.07 Å². The first kappa shape index (κ1) is 10.1. The fourth-order valence-corrected chi connectivity index (χ4v) is 1.50. The summed E-state index contributed by atoms with van der Waals surface area (Å²) < 4.78 is 2.59. The van der Waals surface area contributed by atoms with Crippen LogP contribution in [0.25, 0.3) is 5.82 Å². The van der Waals surface area contributed by atoms with Gasteiger partial charge >= 0.3 is 0 Å². The van der Waals surface area contributed by atoms with Crippen molar-refractivity contribution in [3.8, 4) is 5.82 Å². The van der Waals surface area contributed by atoms with E-state index >= 15 is 0 Å². The Bertz CT molecular complexity index is 508. The molecule has 0 unspecified atom stereocenters. The zero-order chi connectivity index (χ0) is 10.8. The number of nitrogens with zero attached hydrogens (tertiary/aromatic N) is 3. The lowest BCUT2D eigenvalue weighted by Crippen LogP contribution is -2.14. The van der Waals surface area contributed by atoms with Gasteiger partial charge in [-0.15, -0.1) is 0 Å². The van der Waals surface area contributed by atoms with E-state index < -0.39 is 5.91 Å². The number of aromatic nitrogens is 3. The highest BCUT2D eigenvalue weighted by atomic mass is 127. The third kappa shape index (κ3) is 2.14. The topological polar surface area (TPSA) is 73.8 Å². The quantitative estimate of drug-likeness (QED) is 0.840. The Hall–Kier alpha value is -1.44. The molecule has 0 bridgehead atoms. The molecule has 76 valence electrons. The second-order valence-corrected chi connectivity index (χ2v) is 4.09. The zero-order valence-electron chi connectivity index (χ0n) is 7.59. The van der Waals surface area contributed by atoms with Crippen LogP contribution >= 0.6 is 22.6 Å². The molecule has 0 aliphatic rings. The highest BCUT2D eigenvalue weighted by Crippen LogP contribution is 2.08. The SMILES string of the molecule is NC(=O)c1cccc(-n2cc(I)cn2)n1. The molecule has 0 atom stereocenters. The molecule has 1 amide bonds. The lowest BCUT2D eigenvalue weighted by molar-refractivity contribution is 0.0995. The average molecular weight is 314 g/mol. The standard InChI is InChI=1S/C9H7IN4O/c10-6-4-12-14(5-6)8-3-1-2-7(13-8)9(11)15/h1-5H,(H2,11,15). The minimum atomic E-state index is -0.543. The van der Waals surface area contributed by atoms with Gasteiger partial charge in [-0.2, -0.15) is 5.10 Å². The molecule has 6 heteroatoms. The summed E-state index contributed by atoms with van der Waals surface area (Å²) in [6.07, 6.45) is 3.52. The number of hydrogen-bond acceptors (Lipinski definition) is 3. The molecule has 0 saturated carbocycles. The van der Waals surface area contributed by atoms with Gasteiger partial charge in [0.25, 0.3) is 5.91 Å². The molecule has 2 N–H and O–H groups in total. The Morgan fingerprint density at radius 3 is 2.87 bits per heavy atom. The van der Waals surface area contributed by atoms with Crippen LogP contribution in [0.1, 0.15) is 10.5 Å². The summed E-state index contributed by atoms with van der Waals surface area (Å²) in [7, 11) is 0. The Kier molecular flexibility index (Phi) is 2.67. The van der Waals surface area contributed by atoms with Crippen LogP contribution in [0, 0.1) is 3.57 Å². The maximum Gasteiger partial charge on any atom is 0.267 e. The summed E-state index contributed by atoms with van der Waals surface area (Å²) in [6, 6.07) is 5.05. The number of rotatable bonds is 2. The summed E-state index contributed by atoms with van der Waals surface area (Å²) in [4.78, 5) is 15.0. The van der Waals surface area contributed by atoms with Crippen LogP contribution in [-0.4, -0.2) is 20.7 Å². The summed E-state index contributed by atoms with van der Waals surface area (Å²) in [6.45, 7) is 0. The molecule has 2 rings (SSSR count). The number of hydrogen-bond donors (Lipinski definition) is 1. The fraction of sp³-hybridized carbons (Fsp3) is 0. The smallest absolute Gasteiger partial charge is 0.267 e. The predicted molar refractivity (Wildman–Crippen MR) is 62.6 cm³/mol. The van der Waals surface area contributed by atoms with Crippen molar-refractivity contribution in [1.82, 2.24) is 14.8 Å². The lowest BCUT2D eigenvalue weighted by atomic mass is 10.3. The third-order valence-electron chi connectivity index (χ3n) is 1.77. The van der Waals surface area contributed by atoms with Gasteiger partial charge in [0.15, 0.2) is 5.82 Å². The molecule has 15 heavy (non-hydrogen) atoms. The first-order chi connectivity index (χ1) is 7.16. The number of carbonyl (C=O) groups excluding carboxylic acids is 1. The van der Waals surface area contributed by atoms with E-state index in [2.05, 4.69) is 32.7 Å². The van der Waals surface area contributed by atoms with Gasteiger partial charge in [-0.25, -0.2) is 9.67 Å². The first-order valence-corrected chi connectivity index (χ1v) is 5.22. The molecular formula is C9H7IN4O. The number of amides is 1. The minimum absolute atomic E-state index is 0.234. The van der Waals surface area contributed by atoms with E-state index in [-0.39, 0.29) is 5.69 Å². The molecule has 2 aromatic heterocycles. The Balaban J connectivity index is 2.45. The molecule has 0 fully saturated rings. The van der Waals surface area contributed by atoms with Crippen molar-refractivity contribution >= 4 is 28.5 Å². The van der Waals surface area contributed by atoms with Gasteiger partial charge in [0.2, 0.25) is 0 Å². The van der Waals surface area contributed by atoms with Crippen LogP contribution in [0.2, 0.25) is 0 Å². The Morgan fingerprint density at radius 2 is 2.27 bits per heavy atom. The van der Waals surface area contributed by atoms with Crippen molar-refractivity contribution in [2.45, 2.75) is 0 Å². The van der Waals surface area contributed by atoms with Gasteiger partial charge < -0.3 is 5.73 Å². The molecule has 0 spiro atoms. The van der Waals surface area contributed by atoms with Crippen LogP contribution in [0.5, 0.6) is 0 Å². The van der Waals surface area contributed by atoms with Crippen molar-refractivity contribution in [3.63, 3.8) is 0 Å². The number of carbonyl (C=O) groups is 1. The average Bonchev–Trinajstić information content (AvgIpc) is 2.65. The minimum Gasteiger partial charge on any atom is -0.364 e. The van der Waals surface area contributed by atoms with Crippen molar-refractivity contribution in [1.29, 1.82) is 0 Å². The number of nitrogens with two attached hydrogens (primary N) is 1. The van der Waals surface area contributed by atoms with Crippen LogP contribution in [0.4, 0.5) is 0 Å². The van der Waals surface area contributed by atoms with E-state index in [4.69, 9.17) is 5.73 Å². The molecule has 5 nitrogen and oxygen atoms in total. The van der Waals surface area contributed by atoms with Crippen molar-refractivity contribution in [2.24, 2.45) is 5.73 Å². The van der Waals surface area contributed by atoms with Crippen LogP contribution in [-0.2, 0) is 0 Å². The number of halogens is 1. The van der Waals surface area contributed by atoms with E-state index in [9.17, 15) is 4.79 Å². The van der Waals surface area contributed by atoms with Crippen LogP contribution in [0.15, 0.2) is 30.6 Å². The number of pyridine rings is 1. The van der Waals surface area contributed by atoms with Gasteiger partial charge in [-0.3, -0.25) is 4.79 Å². The van der Waals surface area contributed by atoms with Gasteiger partial charge in [0.05, 0.1) is 9.77 Å². The predicted octanol–water partition coefficient (Wildman–Crippen LogP) is 0.971. The molecule has 0 aromatic carbocycles. The van der Waals surface area contributed by atoms with Gasteiger partial charge in [-0.05, 0) is 34.7 Å². The summed E-state index contributed by atoms with van der Waals surface area (Å²) >= 11 is 2.15.